The van der Waals surface area contributed by atoms with Crippen LogP contribution in [0.2, 0.25) is 0 Å². The van der Waals surface area contributed by atoms with Gasteiger partial charge in [0.25, 0.3) is 5.91 Å². The Labute approximate surface area is 174 Å². The number of nitrogens with zero attached hydrogens (tertiary/aromatic N) is 5. The van der Waals surface area contributed by atoms with E-state index in [9.17, 15) is 4.79 Å². The summed E-state index contributed by atoms with van der Waals surface area (Å²) in [5.41, 5.74) is 1.94. The van der Waals surface area contributed by atoms with Crippen LogP contribution in [0.3, 0.4) is 0 Å². The molecule has 0 aliphatic carbocycles. The van der Waals surface area contributed by atoms with Gasteiger partial charge in [0, 0.05) is 50.7 Å². The Balaban J connectivity index is 1.26. The van der Waals surface area contributed by atoms with Crippen molar-refractivity contribution < 1.29 is 9.53 Å². The molecule has 2 aliphatic rings. The highest BCUT2D eigenvalue weighted by Gasteiger charge is 2.39. The fourth-order valence-electron chi connectivity index (χ4n) is 4.53. The van der Waals surface area contributed by atoms with Crippen LogP contribution in [0.25, 0.3) is 0 Å². The molecule has 2 aliphatic heterocycles. The molecule has 5 rings (SSSR count). The molecule has 2 aromatic heterocycles. The minimum Gasteiger partial charge on any atom is -0.497 e. The zero-order chi connectivity index (χ0) is 20.5. The molecular formula is C22H24N6O2. The topological polar surface area (TPSA) is 85.2 Å². The van der Waals surface area contributed by atoms with Crippen molar-refractivity contribution in [1.29, 1.82) is 0 Å². The highest BCUT2D eigenvalue weighted by molar-refractivity contribution is 6.01. The number of methoxy groups -OCH3 is 1. The van der Waals surface area contributed by atoms with E-state index < -0.39 is 0 Å². The predicted molar refractivity (Wildman–Crippen MR) is 111 cm³/mol. The highest BCUT2D eigenvalue weighted by Crippen LogP contribution is 2.33. The number of nitrogens with one attached hydrogen (secondary N) is 1. The van der Waals surface area contributed by atoms with E-state index in [0.29, 0.717) is 23.3 Å². The van der Waals surface area contributed by atoms with Crippen LogP contribution >= 0.6 is 0 Å². The minimum absolute atomic E-state index is 0.234. The number of likely N-dealkylation sites (tertiary alicyclic amines) is 1. The molecule has 1 amide bonds. The van der Waals surface area contributed by atoms with E-state index in [-0.39, 0.29) is 5.91 Å². The van der Waals surface area contributed by atoms with E-state index >= 15 is 0 Å². The molecule has 8 heteroatoms. The number of hydrogen-bond donors (Lipinski definition) is 1. The number of fused-ring (bicyclic) bond motifs is 2. The second kappa shape index (κ2) is 7.87. The van der Waals surface area contributed by atoms with Gasteiger partial charge >= 0.3 is 0 Å². The number of benzene rings is 1. The number of pyridine rings is 1. The second-order valence-electron chi connectivity index (χ2n) is 8.01. The summed E-state index contributed by atoms with van der Waals surface area (Å²) in [6.45, 7) is 3.74. The molecule has 1 fully saturated rings. The molecule has 1 N–H and O–H groups in total. The Kier molecular flexibility index (Phi) is 4.92. The number of rotatable bonds is 5. The highest BCUT2D eigenvalue weighted by atomic mass is 16.5. The molecule has 3 aromatic rings. The van der Waals surface area contributed by atoms with Gasteiger partial charge in [-0.1, -0.05) is 6.07 Å². The quantitative estimate of drug-likeness (QED) is 0.702. The van der Waals surface area contributed by atoms with Crippen LogP contribution < -0.4 is 10.1 Å². The first-order valence-corrected chi connectivity index (χ1v) is 10.2. The summed E-state index contributed by atoms with van der Waals surface area (Å²) < 4.78 is 7.15. The number of carbonyl (C=O) groups excluding carboxylic acids is 1. The van der Waals surface area contributed by atoms with Crippen molar-refractivity contribution >= 4 is 11.6 Å². The van der Waals surface area contributed by atoms with Crippen molar-refractivity contribution in [3.8, 4) is 5.75 Å². The van der Waals surface area contributed by atoms with Crippen LogP contribution in [0.5, 0.6) is 5.75 Å². The molecule has 0 radical (unpaired) electrons. The third kappa shape index (κ3) is 3.66. The maximum absolute atomic E-state index is 12.8. The third-order valence-electron chi connectivity index (χ3n) is 6.02. The van der Waals surface area contributed by atoms with Crippen LogP contribution in [-0.4, -0.2) is 50.8 Å². The van der Waals surface area contributed by atoms with Crippen molar-refractivity contribution in [2.24, 2.45) is 11.8 Å². The van der Waals surface area contributed by atoms with Crippen LogP contribution in [-0.2, 0) is 19.5 Å². The summed E-state index contributed by atoms with van der Waals surface area (Å²) >= 11 is 0. The Hall–Kier alpha value is -3.26. The fraction of sp³-hybridized carbons (Fsp3) is 0.364. The largest absolute Gasteiger partial charge is 0.497 e. The van der Waals surface area contributed by atoms with Gasteiger partial charge in [-0.05, 0) is 47.7 Å². The van der Waals surface area contributed by atoms with Gasteiger partial charge in [-0.15, -0.1) is 10.2 Å². The Bertz CT molecular complexity index is 1030. The van der Waals surface area contributed by atoms with Gasteiger partial charge in [-0.3, -0.25) is 14.7 Å². The molecule has 1 aromatic carbocycles. The van der Waals surface area contributed by atoms with Crippen molar-refractivity contribution in [1.82, 2.24) is 24.6 Å². The number of hydrogen-bond acceptors (Lipinski definition) is 6. The standard InChI is InChI=1S/C22H24N6O2/c1-30-19-6-4-18(5-7-19)24-22(29)21-26-25-20-9-16-12-27(13-17(16)14-28(20)21)11-15-3-2-8-23-10-15/h2-8,10,16-17H,9,11-14H2,1H3,(H,24,29)/t16-,17+/m1/s1. The zero-order valence-corrected chi connectivity index (χ0v) is 16.9. The Morgan fingerprint density at radius 2 is 1.97 bits per heavy atom. The van der Waals surface area contributed by atoms with Gasteiger partial charge in [0.2, 0.25) is 5.82 Å². The molecule has 0 unspecified atom stereocenters. The predicted octanol–water partition coefficient (Wildman–Crippen LogP) is 2.24. The minimum atomic E-state index is -0.234. The summed E-state index contributed by atoms with van der Waals surface area (Å²) in [5.74, 6) is 2.84. The molecule has 0 spiro atoms. The number of carbonyl (C=O) groups is 1. The van der Waals surface area contributed by atoms with Crippen LogP contribution in [0.1, 0.15) is 22.0 Å². The van der Waals surface area contributed by atoms with E-state index in [1.54, 1.807) is 13.3 Å². The maximum Gasteiger partial charge on any atom is 0.293 e. The summed E-state index contributed by atoms with van der Waals surface area (Å²) in [7, 11) is 1.62. The molecule has 8 nitrogen and oxygen atoms in total. The smallest absolute Gasteiger partial charge is 0.293 e. The summed E-state index contributed by atoms with van der Waals surface area (Å²) in [6.07, 6.45) is 4.59. The first-order valence-electron chi connectivity index (χ1n) is 10.2. The monoisotopic (exact) mass is 404 g/mol. The van der Waals surface area contributed by atoms with Crippen molar-refractivity contribution in [3.05, 3.63) is 66.0 Å². The maximum atomic E-state index is 12.8. The summed E-state index contributed by atoms with van der Waals surface area (Å²) in [4.78, 5) is 19.5. The van der Waals surface area contributed by atoms with Gasteiger partial charge in [-0.25, -0.2) is 0 Å². The average molecular weight is 404 g/mol. The van der Waals surface area contributed by atoms with Gasteiger partial charge in [-0.2, -0.15) is 0 Å². The molecule has 30 heavy (non-hydrogen) atoms. The van der Waals surface area contributed by atoms with Crippen molar-refractivity contribution in [2.45, 2.75) is 19.5 Å². The van der Waals surface area contributed by atoms with E-state index in [0.717, 1.165) is 44.2 Å². The van der Waals surface area contributed by atoms with E-state index in [1.165, 1.54) is 5.56 Å². The van der Waals surface area contributed by atoms with Gasteiger partial charge < -0.3 is 14.6 Å². The SMILES string of the molecule is COc1ccc(NC(=O)c2nnc3n2C[C@@H]2CN(Cc4cccnc4)C[C@H]2C3)cc1. The number of anilines is 1. The van der Waals surface area contributed by atoms with E-state index in [1.807, 2.05) is 41.1 Å². The molecule has 1 saturated heterocycles. The average Bonchev–Trinajstić information content (AvgIpc) is 3.35. The van der Waals surface area contributed by atoms with E-state index in [2.05, 4.69) is 31.5 Å². The lowest BCUT2D eigenvalue weighted by Crippen LogP contribution is -2.31. The zero-order valence-electron chi connectivity index (χ0n) is 16.9. The van der Waals surface area contributed by atoms with Gasteiger partial charge in [0.15, 0.2) is 0 Å². The van der Waals surface area contributed by atoms with Gasteiger partial charge in [0.05, 0.1) is 7.11 Å². The van der Waals surface area contributed by atoms with Crippen LogP contribution in [0, 0.1) is 11.8 Å². The second-order valence-corrected chi connectivity index (χ2v) is 8.01. The molecule has 0 bridgehead atoms. The first kappa shape index (κ1) is 18.7. The molecule has 4 heterocycles. The van der Waals surface area contributed by atoms with Crippen molar-refractivity contribution in [2.75, 3.05) is 25.5 Å². The lowest BCUT2D eigenvalue weighted by atomic mass is 9.89. The molecule has 0 saturated carbocycles. The molecule has 2 atom stereocenters. The van der Waals surface area contributed by atoms with Gasteiger partial charge in [0.1, 0.15) is 11.6 Å². The molecular weight excluding hydrogens is 380 g/mol. The van der Waals surface area contributed by atoms with Crippen molar-refractivity contribution in [3.63, 3.8) is 0 Å². The fourth-order valence-corrected chi connectivity index (χ4v) is 4.53. The normalized spacial score (nSPS) is 20.4. The number of amides is 1. The first-order chi connectivity index (χ1) is 14.7. The third-order valence-corrected chi connectivity index (χ3v) is 6.02. The summed E-state index contributed by atoms with van der Waals surface area (Å²) in [6, 6.07) is 11.4. The lowest BCUT2D eigenvalue weighted by Gasteiger charge is -2.25. The van der Waals surface area contributed by atoms with E-state index in [4.69, 9.17) is 4.74 Å². The number of ether oxygens (including phenoxy) is 1. The van der Waals surface area contributed by atoms with Crippen LogP contribution in [0.15, 0.2) is 48.8 Å². The summed E-state index contributed by atoms with van der Waals surface area (Å²) in [5, 5.41) is 11.4. The Morgan fingerprint density at radius 3 is 2.73 bits per heavy atom. The molecule has 154 valence electrons. The lowest BCUT2D eigenvalue weighted by molar-refractivity contribution is 0.100. The number of aromatic nitrogens is 4. The Morgan fingerprint density at radius 1 is 1.13 bits per heavy atom. The van der Waals surface area contributed by atoms with Crippen LogP contribution in [0.4, 0.5) is 5.69 Å².